The lowest BCUT2D eigenvalue weighted by molar-refractivity contribution is 0.0304. The third-order valence-corrected chi connectivity index (χ3v) is 4.00. The number of aliphatic hydroxyl groups excluding tert-OH is 1. The minimum Gasteiger partial charge on any atom is -0.494 e. The van der Waals surface area contributed by atoms with Crippen LogP contribution in [0.15, 0.2) is 24.3 Å². The molecular weight excluding hydrogens is 257 g/mol. The van der Waals surface area contributed by atoms with E-state index in [-0.39, 0.29) is 18.0 Å². The maximum atomic E-state index is 12.7. The maximum absolute atomic E-state index is 12.7. The van der Waals surface area contributed by atoms with Crippen LogP contribution in [0.2, 0.25) is 0 Å². The van der Waals surface area contributed by atoms with E-state index in [1.165, 1.54) is 18.6 Å². The molecule has 2 rings (SSSR count). The molecule has 0 spiro atoms. The van der Waals surface area contributed by atoms with E-state index in [9.17, 15) is 9.50 Å². The number of hydrogen-bond acceptors (Lipinski definition) is 3. The largest absolute Gasteiger partial charge is 0.494 e. The second-order valence-corrected chi connectivity index (χ2v) is 5.56. The maximum Gasteiger partial charge on any atom is 0.123 e. The van der Waals surface area contributed by atoms with Crippen molar-refractivity contribution >= 4 is 0 Å². The van der Waals surface area contributed by atoms with Crippen molar-refractivity contribution in [3.05, 3.63) is 30.1 Å². The zero-order valence-electron chi connectivity index (χ0n) is 12.1. The highest BCUT2D eigenvalue weighted by Crippen LogP contribution is 2.22. The van der Waals surface area contributed by atoms with Gasteiger partial charge in [0.2, 0.25) is 0 Å². The van der Waals surface area contributed by atoms with Crippen LogP contribution in [0, 0.1) is 5.82 Å². The smallest absolute Gasteiger partial charge is 0.123 e. The van der Waals surface area contributed by atoms with E-state index in [1.54, 1.807) is 12.1 Å². The molecule has 1 aromatic rings. The van der Waals surface area contributed by atoms with Crippen LogP contribution in [-0.4, -0.2) is 42.4 Å². The Labute approximate surface area is 120 Å². The number of nitrogens with zero attached hydrogens (tertiary/aromatic N) is 1. The van der Waals surface area contributed by atoms with Crippen molar-refractivity contribution < 1.29 is 14.2 Å². The number of rotatable bonds is 6. The summed E-state index contributed by atoms with van der Waals surface area (Å²) in [5.41, 5.74) is 0. The van der Waals surface area contributed by atoms with E-state index in [1.807, 2.05) is 0 Å². The van der Waals surface area contributed by atoms with E-state index in [4.69, 9.17) is 4.74 Å². The van der Waals surface area contributed by atoms with Crippen molar-refractivity contribution in [1.82, 2.24) is 4.90 Å². The highest BCUT2D eigenvalue weighted by atomic mass is 19.1. The van der Waals surface area contributed by atoms with E-state index in [0.29, 0.717) is 12.4 Å². The van der Waals surface area contributed by atoms with Crippen LogP contribution in [0.1, 0.15) is 32.1 Å². The van der Waals surface area contributed by atoms with Gasteiger partial charge in [-0.3, -0.25) is 0 Å². The number of hydrogen-bond donors (Lipinski definition) is 1. The second kappa shape index (κ2) is 7.60. The summed E-state index contributed by atoms with van der Waals surface area (Å²) >= 11 is 0. The summed E-state index contributed by atoms with van der Waals surface area (Å²) in [5.74, 6) is 0.454. The van der Waals surface area contributed by atoms with E-state index in [2.05, 4.69) is 11.9 Å². The van der Waals surface area contributed by atoms with Gasteiger partial charge in [0, 0.05) is 12.6 Å². The molecule has 1 aliphatic rings. The van der Waals surface area contributed by atoms with Crippen molar-refractivity contribution in [3.63, 3.8) is 0 Å². The quantitative estimate of drug-likeness (QED) is 0.814. The highest BCUT2D eigenvalue weighted by Gasteiger charge is 2.25. The van der Waals surface area contributed by atoms with Gasteiger partial charge in [-0.05, 0) is 50.6 Å². The van der Waals surface area contributed by atoms with Gasteiger partial charge in [0.25, 0.3) is 0 Å². The molecule has 0 saturated heterocycles. The van der Waals surface area contributed by atoms with Gasteiger partial charge in [0.15, 0.2) is 0 Å². The zero-order valence-corrected chi connectivity index (χ0v) is 12.1. The van der Waals surface area contributed by atoms with Crippen LogP contribution in [0.5, 0.6) is 5.75 Å². The molecule has 0 heterocycles. The molecule has 1 aliphatic carbocycles. The molecule has 0 aliphatic heterocycles. The molecule has 2 atom stereocenters. The molecule has 112 valence electrons. The number of likely N-dealkylation sites (N-methyl/N-ethyl adjacent to an activating group) is 1. The average molecular weight is 281 g/mol. The number of aliphatic hydroxyl groups is 1. The van der Waals surface area contributed by atoms with Crippen molar-refractivity contribution in [2.75, 3.05) is 20.2 Å². The lowest BCUT2D eigenvalue weighted by atomic mass is 9.91. The molecule has 1 aromatic carbocycles. The Morgan fingerprint density at radius 2 is 1.95 bits per heavy atom. The molecule has 3 nitrogen and oxygen atoms in total. The first kappa shape index (κ1) is 15.3. The molecule has 0 aromatic heterocycles. The molecule has 2 unspecified atom stereocenters. The van der Waals surface area contributed by atoms with Crippen LogP contribution in [0.25, 0.3) is 0 Å². The molecule has 1 fully saturated rings. The van der Waals surface area contributed by atoms with Gasteiger partial charge in [-0.15, -0.1) is 0 Å². The summed E-state index contributed by atoms with van der Waals surface area (Å²) < 4.78 is 18.3. The van der Waals surface area contributed by atoms with Gasteiger partial charge in [-0.25, -0.2) is 4.39 Å². The first-order chi connectivity index (χ1) is 9.66. The molecule has 1 N–H and O–H groups in total. The number of benzene rings is 1. The normalized spacial score (nSPS) is 23.0. The third kappa shape index (κ3) is 4.46. The molecular formula is C16H24FNO2. The van der Waals surface area contributed by atoms with E-state index >= 15 is 0 Å². The van der Waals surface area contributed by atoms with E-state index < -0.39 is 0 Å². The minimum absolute atomic E-state index is 0.188. The highest BCUT2D eigenvalue weighted by molar-refractivity contribution is 5.21. The third-order valence-electron chi connectivity index (χ3n) is 4.00. The summed E-state index contributed by atoms with van der Waals surface area (Å²) in [6.07, 6.45) is 5.05. The first-order valence-corrected chi connectivity index (χ1v) is 7.43. The molecule has 0 bridgehead atoms. The minimum atomic E-state index is -0.247. The number of halogens is 1. The SMILES string of the molecule is CN(CCCOc1ccc(F)cc1)C1CCCCC1O. The first-order valence-electron chi connectivity index (χ1n) is 7.43. The van der Waals surface area contributed by atoms with Gasteiger partial charge in [-0.2, -0.15) is 0 Å². The lowest BCUT2D eigenvalue weighted by Gasteiger charge is -2.35. The van der Waals surface area contributed by atoms with Crippen molar-refractivity contribution in [3.8, 4) is 5.75 Å². The summed E-state index contributed by atoms with van der Waals surface area (Å²) in [5, 5.41) is 9.99. The molecule has 4 heteroatoms. The Balaban J connectivity index is 1.66. The monoisotopic (exact) mass is 281 g/mol. The zero-order chi connectivity index (χ0) is 14.4. The fourth-order valence-corrected chi connectivity index (χ4v) is 2.81. The Morgan fingerprint density at radius 1 is 1.25 bits per heavy atom. The van der Waals surface area contributed by atoms with Crippen LogP contribution >= 0.6 is 0 Å². The Morgan fingerprint density at radius 3 is 2.65 bits per heavy atom. The van der Waals surface area contributed by atoms with E-state index in [0.717, 1.165) is 32.2 Å². The van der Waals surface area contributed by atoms with Crippen molar-refractivity contribution in [1.29, 1.82) is 0 Å². The standard InChI is InChI=1S/C16H24FNO2/c1-18(15-5-2-3-6-16(15)19)11-4-12-20-14-9-7-13(17)8-10-14/h7-10,15-16,19H,2-6,11-12H2,1H3. The Kier molecular flexibility index (Phi) is 5.80. The molecule has 0 amide bonds. The van der Waals surface area contributed by atoms with Crippen molar-refractivity contribution in [2.45, 2.75) is 44.2 Å². The van der Waals surface area contributed by atoms with Gasteiger partial charge in [0.05, 0.1) is 12.7 Å². The molecule has 20 heavy (non-hydrogen) atoms. The second-order valence-electron chi connectivity index (χ2n) is 5.56. The topological polar surface area (TPSA) is 32.7 Å². The predicted octanol–water partition coefficient (Wildman–Crippen LogP) is 2.83. The Bertz CT molecular complexity index is 396. The van der Waals surface area contributed by atoms with Gasteiger partial charge in [-0.1, -0.05) is 12.8 Å². The van der Waals surface area contributed by atoms with Crippen LogP contribution in [0.4, 0.5) is 4.39 Å². The van der Waals surface area contributed by atoms with Gasteiger partial charge in [0.1, 0.15) is 11.6 Å². The summed E-state index contributed by atoms with van der Waals surface area (Å²) in [6.45, 7) is 1.52. The predicted molar refractivity (Wildman–Crippen MR) is 77.4 cm³/mol. The summed E-state index contributed by atoms with van der Waals surface area (Å²) in [7, 11) is 2.07. The fraction of sp³-hybridized carbons (Fsp3) is 0.625. The van der Waals surface area contributed by atoms with Gasteiger partial charge < -0.3 is 14.7 Å². The lowest BCUT2D eigenvalue weighted by Crippen LogP contribution is -2.43. The van der Waals surface area contributed by atoms with Crippen LogP contribution < -0.4 is 4.74 Å². The van der Waals surface area contributed by atoms with Crippen LogP contribution in [-0.2, 0) is 0 Å². The average Bonchev–Trinajstić information content (AvgIpc) is 2.46. The Hall–Kier alpha value is -1.13. The molecule has 0 radical (unpaired) electrons. The summed E-state index contributed by atoms with van der Waals surface area (Å²) in [4.78, 5) is 2.23. The van der Waals surface area contributed by atoms with Gasteiger partial charge >= 0.3 is 0 Å². The van der Waals surface area contributed by atoms with Crippen LogP contribution in [0.3, 0.4) is 0 Å². The fourth-order valence-electron chi connectivity index (χ4n) is 2.81. The van der Waals surface area contributed by atoms with Crippen molar-refractivity contribution in [2.24, 2.45) is 0 Å². The summed E-state index contributed by atoms with van der Waals surface area (Å²) in [6, 6.07) is 6.38. The molecule has 1 saturated carbocycles. The number of ether oxygens (including phenoxy) is 1.